The first-order chi connectivity index (χ1) is 20.9. The third-order valence-electron chi connectivity index (χ3n) is 8.85. The van der Waals surface area contributed by atoms with Crippen molar-refractivity contribution in [3.8, 4) is 6.01 Å². The number of likely N-dealkylation sites (tertiary alicyclic amines) is 1. The molecule has 1 aromatic heterocycles. The van der Waals surface area contributed by atoms with Gasteiger partial charge in [-0.05, 0) is 36.9 Å². The van der Waals surface area contributed by atoms with Crippen molar-refractivity contribution >= 4 is 39.8 Å². The van der Waals surface area contributed by atoms with E-state index in [1.807, 2.05) is 18.2 Å². The summed E-state index contributed by atoms with van der Waals surface area (Å²) in [6.07, 6.45) is 1.78. The summed E-state index contributed by atoms with van der Waals surface area (Å²) in [6, 6.07) is 12.3. The Morgan fingerprint density at radius 2 is 1.95 bits per heavy atom. The molecule has 3 aromatic rings. The van der Waals surface area contributed by atoms with Crippen LogP contribution in [0.4, 0.5) is 15.9 Å². The lowest BCUT2D eigenvalue weighted by atomic mass is 10.0. The molecule has 4 heterocycles. The first kappa shape index (κ1) is 29.1. The highest BCUT2D eigenvalue weighted by molar-refractivity contribution is 6.36. The normalized spacial score (nSPS) is 20.4. The number of hydrogen-bond acceptors (Lipinski definition) is 7. The Balaban J connectivity index is 1.33. The zero-order valence-corrected chi connectivity index (χ0v) is 25.1. The van der Waals surface area contributed by atoms with Gasteiger partial charge in [0.05, 0.1) is 17.3 Å². The van der Waals surface area contributed by atoms with Crippen molar-refractivity contribution in [1.82, 2.24) is 19.8 Å². The third-order valence-corrected chi connectivity index (χ3v) is 9.16. The van der Waals surface area contributed by atoms with E-state index in [2.05, 4.69) is 51.2 Å². The van der Waals surface area contributed by atoms with Crippen molar-refractivity contribution in [3.05, 3.63) is 76.5 Å². The molecule has 11 heteroatoms. The van der Waals surface area contributed by atoms with E-state index in [0.29, 0.717) is 49.7 Å². The van der Waals surface area contributed by atoms with Gasteiger partial charge in [0.2, 0.25) is 6.54 Å². The van der Waals surface area contributed by atoms with Gasteiger partial charge in [-0.1, -0.05) is 49.4 Å². The number of rotatable bonds is 8. The number of hydrogen-bond donors (Lipinski definition) is 0. The largest absolute Gasteiger partial charge is 0.462 e. The van der Waals surface area contributed by atoms with E-state index in [4.69, 9.17) is 32.9 Å². The Morgan fingerprint density at radius 3 is 2.67 bits per heavy atom. The SMILES string of the molecule is [C-]#[N+]C[C@H]1CN(c2nc(OCC3CCN3CC)nc3c2CCN(c2cccc4cccc(Cl)c24)C3)CCN1C(=O)C(=C)F. The van der Waals surface area contributed by atoms with E-state index in [1.165, 1.54) is 4.90 Å². The Hall–Kier alpha value is -3.94. The topological polar surface area (TPSA) is 69.4 Å². The summed E-state index contributed by atoms with van der Waals surface area (Å²) in [5.41, 5.74) is 2.97. The number of amides is 1. The number of carbonyl (C=O) groups excluding carboxylic acids is 1. The molecule has 0 N–H and O–H groups in total. The zero-order valence-electron chi connectivity index (χ0n) is 24.3. The summed E-state index contributed by atoms with van der Waals surface area (Å²) in [4.78, 5) is 34.1. The summed E-state index contributed by atoms with van der Waals surface area (Å²) in [6.45, 7) is 17.8. The average Bonchev–Trinajstić information content (AvgIpc) is 3.00. The minimum Gasteiger partial charge on any atom is -0.462 e. The van der Waals surface area contributed by atoms with E-state index in [9.17, 15) is 9.18 Å². The quantitative estimate of drug-likeness (QED) is 0.272. The van der Waals surface area contributed by atoms with Gasteiger partial charge in [-0.3, -0.25) is 9.69 Å². The van der Waals surface area contributed by atoms with E-state index >= 15 is 0 Å². The number of ether oxygens (including phenoxy) is 1. The summed E-state index contributed by atoms with van der Waals surface area (Å²) in [7, 11) is 0. The summed E-state index contributed by atoms with van der Waals surface area (Å²) in [5, 5.41) is 2.81. The molecule has 0 radical (unpaired) electrons. The molecule has 2 atom stereocenters. The maximum Gasteiger partial charge on any atom is 0.318 e. The van der Waals surface area contributed by atoms with Crippen LogP contribution in [0, 0.1) is 6.57 Å². The maximum absolute atomic E-state index is 13.8. The molecule has 1 amide bonds. The minimum absolute atomic E-state index is 0.0658. The molecule has 3 aliphatic heterocycles. The summed E-state index contributed by atoms with van der Waals surface area (Å²) in [5.74, 6) is -1.01. The van der Waals surface area contributed by atoms with Gasteiger partial charge in [-0.2, -0.15) is 9.97 Å². The first-order valence-corrected chi connectivity index (χ1v) is 15.2. The smallest absolute Gasteiger partial charge is 0.318 e. The van der Waals surface area contributed by atoms with Crippen molar-refractivity contribution in [2.75, 3.05) is 62.2 Å². The molecule has 0 spiro atoms. The van der Waals surface area contributed by atoms with Gasteiger partial charge in [0.15, 0.2) is 5.83 Å². The predicted octanol–water partition coefficient (Wildman–Crippen LogP) is 4.74. The number of benzene rings is 2. The van der Waals surface area contributed by atoms with Crippen molar-refractivity contribution in [1.29, 1.82) is 0 Å². The number of carbonyl (C=O) groups is 1. The molecule has 2 fully saturated rings. The monoisotopic (exact) mass is 603 g/mol. The highest BCUT2D eigenvalue weighted by Crippen LogP contribution is 2.37. The number of fused-ring (bicyclic) bond motifs is 2. The van der Waals surface area contributed by atoms with E-state index in [-0.39, 0.29) is 13.1 Å². The van der Waals surface area contributed by atoms with Gasteiger partial charge in [0.1, 0.15) is 18.5 Å². The van der Waals surface area contributed by atoms with Crippen LogP contribution in [0.1, 0.15) is 24.6 Å². The second-order valence-electron chi connectivity index (χ2n) is 11.3. The molecule has 224 valence electrons. The number of aromatic nitrogens is 2. The molecule has 0 saturated carbocycles. The minimum atomic E-state index is -1.01. The number of nitrogens with zero attached hydrogens (tertiary/aromatic N) is 7. The Kier molecular flexibility index (Phi) is 8.37. The van der Waals surface area contributed by atoms with Gasteiger partial charge in [0.25, 0.3) is 5.91 Å². The number of halogens is 2. The van der Waals surface area contributed by atoms with Crippen LogP contribution >= 0.6 is 11.6 Å². The van der Waals surface area contributed by atoms with Crippen LogP contribution in [0.15, 0.2) is 48.8 Å². The van der Waals surface area contributed by atoms with Gasteiger partial charge in [0, 0.05) is 55.4 Å². The Bertz CT molecular complexity index is 1590. The molecule has 3 aliphatic rings. The fourth-order valence-electron chi connectivity index (χ4n) is 6.46. The van der Waals surface area contributed by atoms with Crippen molar-refractivity contribution < 1.29 is 13.9 Å². The van der Waals surface area contributed by atoms with Gasteiger partial charge in [-0.25, -0.2) is 11.0 Å². The summed E-state index contributed by atoms with van der Waals surface area (Å²) >= 11 is 6.68. The Morgan fingerprint density at radius 1 is 1.14 bits per heavy atom. The third kappa shape index (κ3) is 5.71. The zero-order chi connectivity index (χ0) is 30.1. The Labute approximate surface area is 256 Å². The van der Waals surface area contributed by atoms with Gasteiger partial charge in [-0.15, -0.1) is 0 Å². The maximum atomic E-state index is 13.8. The summed E-state index contributed by atoms with van der Waals surface area (Å²) < 4.78 is 20.0. The molecule has 6 rings (SSSR count). The number of piperazine rings is 1. The highest BCUT2D eigenvalue weighted by atomic mass is 35.5. The fraction of sp³-hybridized carbons (Fsp3) is 0.438. The molecular formula is C32H35ClFN7O2. The van der Waals surface area contributed by atoms with E-state index in [1.54, 1.807) is 0 Å². The molecule has 1 unspecified atom stereocenters. The lowest BCUT2D eigenvalue weighted by molar-refractivity contribution is -0.131. The van der Waals surface area contributed by atoms with Crippen molar-refractivity contribution in [3.63, 3.8) is 0 Å². The molecule has 0 aliphatic carbocycles. The molecular weight excluding hydrogens is 569 g/mol. The lowest BCUT2D eigenvalue weighted by Crippen LogP contribution is -2.57. The molecule has 2 saturated heterocycles. The van der Waals surface area contributed by atoms with Crippen LogP contribution in [0.25, 0.3) is 15.6 Å². The predicted molar refractivity (Wildman–Crippen MR) is 166 cm³/mol. The molecule has 2 aromatic carbocycles. The molecule has 0 bridgehead atoms. The standard InChI is InChI=1S/C32H35ClFN7O2/c1-4-38-13-11-23(38)20-43-32-36-27-19-39(28-10-6-8-22-7-5-9-26(33)29(22)28)14-12-25(27)30(37-32)40-15-16-41(31(42)21(2)34)24(18-40)17-35-3/h5-10,23-24H,2,4,11-20H2,1H3/t23?,24-/m0/s1. The van der Waals surface area contributed by atoms with Gasteiger partial charge < -0.3 is 24.3 Å². The molecule has 9 nitrogen and oxygen atoms in total. The van der Waals surface area contributed by atoms with E-state index < -0.39 is 17.8 Å². The van der Waals surface area contributed by atoms with Crippen LogP contribution in [0.5, 0.6) is 6.01 Å². The van der Waals surface area contributed by atoms with Crippen LogP contribution < -0.4 is 14.5 Å². The van der Waals surface area contributed by atoms with Crippen molar-refractivity contribution in [2.45, 2.75) is 38.4 Å². The van der Waals surface area contributed by atoms with E-state index in [0.717, 1.165) is 59.6 Å². The second-order valence-corrected chi connectivity index (χ2v) is 11.7. The first-order valence-electron chi connectivity index (χ1n) is 14.8. The lowest BCUT2D eigenvalue weighted by Gasteiger charge is -2.41. The van der Waals surface area contributed by atoms with Crippen LogP contribution in [-0.4, -0.2) is 90.2 Å². The van der Waals surface area contributed by atoms with Gasteiger partial charge >= 0.3 is 6.01 Å². The van der Waals surface area contributed by atoms with Crippen LogP contribution in [0.2, 0.25) is 5.02 Å². The average molecular weight is 604 g/mol. The van der Waals surface area contributed by atoms with Crippen LogP contribution in [-0.2, 0) is 17.8 Å². The second kappa shape index (κ2) is 12.3. The number of anilines is 2. The highest BCUT2D eigenvalue weighted by Gasteiger charge is 2.36. The van der Waals surface area contributed by atoms with Crippen molar-refractivity contribution in [2.24, 2.45) is 0 Å². The van der Waals surface area contributed by atoms with Crippen LogP contribution in [0.3, 0.4) is 0 Å². The molecule has 43 heavy (non-hydrogen) atoms. The fourth-order valence-corrected chi connectivity index (χ4v) is 6.74. The number of likely N-dealkylation sites (N-methyl/N-ethyl adjacent to an activating group) is 1.